The van der Waals surface area contributed by atoms with Crippen molar-refractivity contribution in [2.75, 3.05) is 0 Å². The summed E-state index contributed by atoms with van der Waals surface area (Å²) in [6.45, 7) is 4.74. The maximum atomic E-state index is 11.1. The van der Waals surface area contributed by atoms with Gasteiger partial charge in [0.1, 0.15) is 0 Å². The molecule has 14 heavy (non-hydrogen) atoms. The highest BCUT2D eigenvalue weighted by atomic mass is 16.5. The van der Waals surface area contributed by atoms with Crippen molar-refractivity contribution in [2.45, 2.75) is 6.92 Å². The SMILES string of the molecule is C=COC(=O)c1ccc(C(C)=O)cc1. The summed E-state index contributed by atoms with van der Waals surface area (Å²) in [5.74, 6) is -0.510. The van der Waals surface area contributed by atoms with Crippen molar-refractivity contribution in [2.24, 2.45) is 0 Å². The maximum Gasteiger partial charge on any atom is 0.342 e. The predicted octanol–water partition coefficient (Wildman–Crippen LogP) is 2.19. The molecule has 0 spiro atoms. The number of hydrogen-bond acceptors (Lipinski definition) is 3. The number of carbonyl (C=O) groups is 2. The summed E-state index contributed by atoms with van der Waals surface area (Å²) in [6, 6.07) is 6.26. The van der Waals surface area contributed by atoms with Crippen LogP contribution in [0.5, 0.6) is 0 Å². The van der Waals surface area contributed by atoms with Crippen molar-refractivity contribution >= 4 is 11.8 Å². The van der Waals surface area contributed by atoms with Gasteiger partial charge in [0.2, 0.25) is 0 Å². The largest absolute Gasteiger partial charge is 0.432 e. The molecule has 0 unspecified atom stereocenters. The number of carbonyl (C=O) groups excluding carboxylic acids is 2. The molecular formula is C11H10O3. The Morgan fingerprint density at radius 3 is 2.14 bits per heavy atom. The van der Waals surface area contributed by atoms with Gasteiger partial charge >= 0.3 is 5.97 Å². The predicted molar refractivity (Wildman–Crippen MR) is 52.1 cm³/mol. The lowest BCUT2D eigenvalue weighted by Crippen LogP contribution is -2.01. The molecule has 0 heterocycles. The number of benzene rings is 1. The van der Waals surface area contributed by atoms with Gasteiger partial charge in [0.05, 0.1) is 11.8 Å². The number of esters is 1. The second-order valence-electron chi connectivity index (χ2n) is 2.71. The molecule has 0 aliphatic carbocycles. The van der Waals surface area contributed by atoms with Crippen molar-refractivity contribution in [3.8, 4) is 0 Å². The molecule has 0 bridgehead atoms. The van der Waals surface area contributed by atoms with E-state index in [1.807, 2.05) is 0 Å². The van der Waals surface area contributed by atoms with E-state index in [9.17, 15) is 9.59 Å². The molecule has 1 aromatic carbocycles. The van der Waals surface area contributed by atoms with Crippen LogP contribution in [0.3, 0.4) is 0 Å². The normalized spacial score (nSPS) is 9.21. The second kappa shape index (κ2) is 4.37. The summed E-state index contributed by atoms with van der Waals surface area (Å²) in [6.07, 6.45) is 1.07. The average molecular weight is 190 g/mol. The van der Waals surface area contributed by atoms with Crippen molar-refractivity contribution in [3.63, 3.8) is 0 Å². The highest BCUT2D eigenvalue weighted by molar-refractivity contribution is 5.96. The first-order valence-electron chi connectivity index (χ1n) is 4.08. The first-order valence-corrected chi connectivity index (χ1v) is 4.08. The summed E-state index contributed by atoms with van der Waals surface area (Å²) < 4.78 is 4.57. The topological polar surface area (TPSA) is 43.4 Å². The zero-order chi connectivity index (χ0) is 10.6. The van der Waals surface area contributed by atoms with Crippen LogP contribution in [0.15, 0.2) is 37.1 Å². The molecule has 0 fully saturated rings. The summed E-state index contributed by atoms with van der Waals surface area (Å²) in [4.78, 5) is 22.1. The minimum absolute atomic E-state index is 0.0337. The van der Waals surface area contributed by atoms with Gasteiger partial charge in [-0.3, -0.25) is 4.79 Å². The Morgan fingerprint density at radius 2 is 1.71 bits per heavy atom. The molecule has 72 valence electrons. The molecule has 3 nitrogen and oxygen atoms in total. The lowest BCUT2D eigenvalue weighted by atomic mass is 10.1. The Hall–Kier alpha value is -1.90. The van der Waals surface area contributed by atoms with Crippen LogP contribution in [0.1, 0.15) is 27.6 Å². The zero-order valence-electron chi connectivity index (χ0n) is 7.82. The number of Topliss-reactive ketones (excluding diaryl/α,β-unsaturated/α-hetero) is 1. The van der Waals surface area contributed by atoms with Gasteiger partial charge in [-0.25, -0.2) is 4.79 Å². The van der Waals surface area contributed by atoms with Crippen LogP contribution in [-0.2, 0) is 4.74 Å². The molecule has 0 N–H and O–H groups in total. The Kier molecular flexibility index (Phi) is 3.18. The molecule has 0 saturated carbocycles. The lowest BCUT2D eigenvalue weighted by Gasteiger charge is -1.99. The van der Waals surface area contributed by atoms with Gasteiger partial charge in [-0.05, 0) is 19.1 Å². The molecule has 0 aliphatic heterocycles. The zero-order valence-corrected chi connectivity index (χ0v) is 7.82. The van der Waals surface area contributed by atoms with Crippen LogP contribution in [0.25, 0.3) is 0 Å². The maximum absolute atomic E-state index is 11.1. The molecular weight excluding hydrogens is 180 g/mol. The monoisotopic (exact) mass is 190 g/mol. The minimum Gasteiger partial charge on any atom is -0.432 e. The molecule has 1 rings (SSSR count). The molecule has 0 radical (unpaired) electrons. The standard InChI is InChI=1S/C11H10O3/c1-3-14-11(13)10-6-4-9(5-7-10)8(2)12/h3-7H,1H2,2H3. The minimum atomic E-state index is -0.477. The number of hydrogen-bond donors (Lipinski definition) is 0. The average Bonchev–Trinajstić information content (AvgIpc) is 2.18. The van der Waals surface area contributed by atoms with E-state index < -0.39 is 5.97 Å². The van der Waals surface area contributed by atoms with Gasteiger partial charge in [-0.1, -0.05) is 18.7 Å². The van der Waals surface area contributed by atoms with E-state index in [1.54, 1.807) is 24.3 Å². The van der Waals surface area contributed by atoms with E-state index in [-0.39, 0.29) is 5.78 Å². The quantitative estimate of drug-likeness (QED) is 0.417. The van der Waals surface area contributed by atoms with Gasteiger partial charge in [-0.15, -0.1) is 0 Å². The first kappa shape index (κ1) is 10.2. The van der Waals surface area contributed by atoms with Crippen LogP contribution in [-0.4, -0.2) is 11.8 Å². The summed E-state index contributed by atoms with van der Waals surface area (Å²) in [5.41, 5.74) is 0.968. The van der Waals surface area contributed by atoms with Crippen molar-refractivity contribution < 1.29 is 14.3 Å². The van der Waals surface area contributed by atoms with Crippen molar-refractivity contribution in [1.82, 2.24) is 0 Å². The van der Waals surface area contributed by atoms with E-state index in [1.165, 1.54) is 6.92 Å². The number of ketones is 1. The third-order valence-electron chi connectivity index (χ3n) is 1.72. The number of rotatable bonds is 3. The fraction of sp³-hybridized carbons (Fsp3) is 0.0909. The fourth-order valence-electron chi connectivity index (χ4n) is 0.985. The first-order chi connectivity index (χ1) is 6.65. The van der Waals surface area contributed by atoms with Crippen molar-refractivity contribution in [1.29, 1.82) is 0 Å². The van der Waals surface area contributed by atoms with Gasteiger partial charge < -0.3 is 4.74 Å². The van der Waals surface area contributed by atoms with E-state index in [0.717, 1.165) is 6.26 Å². The van der Waals surface area contributed by atoms with Crippen LogP contribution in [0, 0.1) is 0 Å². The van der Waals surface area contributed by atoms with Crippen LogP contribution in [0.4, 0.5) is 0 Å². The van der Waals surface area contributed by atoms with E-state index in [0.29, 0.717) is 11.1 Å². The summed E-state index contributed by atoms with van der Waals surface area (Å²) in [7, 11) is 0. The highest BCUT2D eigenvalue weighted by Gasteiger charge is 2.06. The molecule has 3 heteroatoms. The Bertz CT molecular complexity index is 363. The van der Waals surface area contributed by atoms with E-state index >= 15 is 0 Å². The smallest absolute Gasteiger partial charge is 0.342 e. The van der Waals surface area contributed by atoms with Crippen LogP contribution < -0.4 is 0 Å². The summed E-state index contributed by atoms with van der Waals surface area (Å²) >= 11 is 0. The molecule has 0 atom stereocenters. The van der Waals surface area contributed by atoms with Gasteiger partial charge in [-0.2, -0.15) is 0 Å². The van der Waals surface area contributed by atoms with Gasteiger partial charge in [0, 0.05) is 5.56 Å². The Balaban J connectivity index is 2.88. The van der Waals surface area contributed by atoms with Gasteiger partial charge in [0.15, 0.2) is 5.78 Å². The highest BCUT2D eigenvalue weighted by Crippen LogP contribution is 2.06. The Morgan fingerprint density at radius 1 is 1.21 bits per heavy atom. The number of ether oxygens (including phenoxy) is 1. The molecule has 0 aromatic heterocycles. The lowest BCUT2D eigenvalue weighted by molar-refractivity contribution is 0.0664. The molecule has 0 aliphatic rings. The van der Waals surface area contributed by atoms with Crippen LogP contribution >= 0.6 is 0 Å². The third kappa shape index (κ3) is 2.29. The second-order valence-corrected chi connectivity index (χ2v) is 2.71. The fourth-order valence-corrected chi connectivity index (χ4v) is 0.985. The molecule has 0 amide bonds. The third-order valence-corrected chi connectivity index (χ3v) is 1.72. The van der Waals surface area contributed by atoms with E-state index in [2.05, 4.69) is 11.3 Å². The molecule has 1 aromatic rings. The summed E-state index contributed by atoms with van der Waals surface area (Å²) in [5, 5.41) is 0. The van der Waals surface area contributed by atoms with Crippen LogP contribution in [0.2, 0.25) is 0 Å². The van der Waals surface area contributed by atoms with Gasteiger partial charge in [0.25, 0.3) is 0 Å². The van der Waals surface area contributed by atoms with Crippen molar-refractivity contribution in [3.05, 3.63) is 48.2 Å². The molecule has 0 saturated heterocycles. The van der Waals surface area contributed by atoms with E-state index in [4.69, 9.17) is 0 Å². The Labute approximate surface area is 82.0 Å².